The Labute approximate surface area is 129 Å². The molecule has 0 N–H and O–H groups in total. The van der Waals surface area contributed by atoms with Crippen molar-refractivity contribution in [2.45, 2.75) is 19.9 Å². The van der Waals surface area contributed by atoms with Gasteiger partial charge in [0.1, 0.15) is 0 Å². The van der Waals surface area contributed by atoms with Crippen LogP contribution < -0.4 is 0 Å². The van der Waals surface area contributed by atoms with Gasteiger partial charge in [0.05, 0.1) is 0 Å². The third-order valence-corrected chi connectivity index (χ3v) is 4.34. The average molecular weight is 308 g/mol. The Hall–Kier alpha value is -1.16. The van der Waals surface area contributed by atoms with Crippen LogP contribution in [0.25, 0.3) is 0 Å². The molecule has 0 radical (unpaired) electrons. The Kier molecular flexibility index (Phi) is 5.77. The topological polar surface area (TPSA) is 20.3 Å². The second kappa shape index (κ2) is 7.58. The summed E-state index contributed by atoms with van der Waals surface area (Å²) < 4.78 is 0. The van der Waals surface area contributed by atoms with Gasteiger partial charge in [0.2, 0.25) is 0 Å². The number of hydrogen-bond acceptors (Lipinski definition) is 3. The standard InChI is InChI=1S/C16H18ClNOS/c1-2-18(12-15-4-3-11-20-15)10-9-16(19)13-5-7-14(17)8-6-13/h3-8,11H,2,9-10,12H2,1H3. The van der Waals surface area contributed by atoms with Gasteiger partial charge in [-0.3, -0.25) is 9.69 Å². The van der Waals surface area contributed by atoms with Crippen molar-refractivity contribution in [3.05, 3.63) is 57.2 Å². The number of nitrogens with zero attached hydrogens (tertiary/aromatic N) is 1. The van der Waals surface area contributed by atoms with Crippen molar-refractivity contribution in [2.24, 2.45) is 0 Å². The van der Waals surface area contributed by atoms with Crippen LogP contribution in [-0.2, 0) is 6.54 Å². The van der Waals surface area contributed by atoms with Crippen molar-refractivity contribution in [3.8, 4) is 0 Å². The lowest BCUT2D eigenvalue weighted by molar-refractivity contribution is 0.0964. The number of thiophene rings is 1. The molecule has 0 saturated heterocycles. The van der Waals surface area contributed by atoms with Gasteiger partial charge in [-0.2, -0.15) is 0 Å². The number of hydrogen-bond donors (Lipinski definition) is 0. The first kappa shape index (κ1) is 15.2. The largest absolute Gasteiger partial charge is 0.298 e. The quantitative estimate of drug-likeness (QED) is 0.702. The lowest BCUT2D eigenvalue weighted by atomic mass is 10.1. The molecule has 1 aromatic carbocycles. The molecule has 0 spiro atoms. The van der Waals surface area contributed by atoms with E-state index in [0.717, 1.165) is 25.2 Å². The highest BCUT2D eigenvalue weighted by atomic mass is 35.5. The summed E-state index contributed by atoms with van der Waals surface area (Å²) in [6.07, 6.45) is 0.543. The van der Waals surface area contributed by atoms with Crippen molar-refractivity contribution in [3.63, 3.8) is 0 Å². The van der Waals surface area contributed by atoms with Crippen LogP contribution >= 0.6 is 22.9 Å². The van der Waals surface area contributed by atoms with Crippen LogP contribution in [0.1, 0.15) is 28.6 Å². The lowest BCUT2D eigenvalue weighted by Gasteiger charge is -2.19. The highest BCUT2D eigenvalue weighted by molar-refractivity contribution is 7.09. The maximum Gasteiger partial charge on any atom is 0.164 e. The summed E-state index contributed by atoms with van der Waals surface area (Å²) in [6, 6.07) is 11.3. The van der Waals surface area contributed by atoms with E-state index in [1.54, 1.807) is 35.6 Å². The summed E-state index contributed by atoms with van der Waals surface area (Å²) in [5, 5.41) is 2.75. The van der Waals surface area contributed by atoms with Gasteiger partial charge < -0.3 is 0 Å². The third kappa shape index (κ3) is 4.44. The molecular weight excluding hydrogens is 290 g/mol. The van der Waals surface area contributed by atoms with Crippen LogP contribution in [0.15, 0.2) is 41.8 Å². The normalized spacial score (nSPS) is 10.9. The predicted molar refractivity (Wildman–Crippen MR) is 85.7 cm³/mol. The van der Waals surface area contributed by atoms with Crippen LogP contribution in [-0.4, -0.2) is 23.8 Å². The minimum Gasteiger partial charge on any atom is -0.298 e. The fourth-order valence-electron chi connectivity index (χ4n) is 2.01. The summed E-state index contributed by atoms with van der Waals surface area (Å²) in [4.78, 5) is 15.7. The molecule has 4 heteroatoms. The van der Waals surface area contributed by atoms with E-state index in [4.69, 9.17) is 11.6 Å². The van der Waals surface area contributed by atoms with Gasteiger partial charge in [-0.05, 0) is 42.3 Å². The van der Waals surface area contributed by atoms with Crippen molar-refractivity contribution < 1.29 is 4.79 Å². The predicted octanol–water partition coefficient (Wildman–Crippen LogP) is 4.50. The van der Waals surface area contributed by atoms with Crippen LogP contribution in [0.5, 0.6) is 0 Å². The smallest absolute Gasteiger partial charge is 0.164 e. The van der Waals surface area contributed by atoms with Gasteiger partial charge in [-0.1, -0.05) is 24.6 Å². The Balaban J connectivity index is 1.86. The lowest BCUT2D eigenvalue weighted by Crippen LogP contribution is -2.25. The van der Waals surface area contributed by atoms with Gasteiger partial charge in [0, 0.05) is 35.0 Å². The molecular formula is C16H18ClNOS. The summed E-state index contributed by atoms with van der Waals surface area (Å²) in [5.74, 6) is 0.172. The molecule has 2 rings (SSSR count). The molecule has 0 atom stereocenters. The molecule has 0 aliphatic heterocycles. The van der Waals surface area contributed by atoms with Crippen LogP contribution in [0.4, 0.5) is 0 Å². The Morgan fingerprint density at radius 3 is 2.60 bits per heavy atom. The average Bonchev–Trinajstić information content (AvgIpc) is 2.96. The summed E-state index contributed by atoms with van der Waals surface area (Å²) in [6.45, 7) is 4.78. The highest BCUT2D eigenvalue weighted by Gasteiger charge is 2.10. The van der Waals surface area contributed by atoms with Gasteiger partial charge in [0.15, 0.2) is 5.78 Å². The van der Waals surface area contributed by atoms with Crippen molar-refractivity contribution in [2.75, 3.05) is 13.1 Å². The molecule has 1 aromatic heterocycles. The Morgan fingerprint density at radius 1 is 1.25 bits per heavy atom. The highest BCUT2D eigenvalue weighted by Crippen LogP contribution is 2.14. The van der Waals surface area contributed by atoms with Crippen LogP contribution in [0, 0.1) is 0 Å². The third-order valence-electron chi connectivity index (χ3n) is 3.23. The van der Waals surface area contributed by atoms with E-state index < -0.39 is 0 Å². The van der Waals surface area contributed by atoms with E-state index in [2.05, 4.69) is 29.3 Å². The number of ketones is 1. The molecule has 2 nitrogen and oxygen atoms in total. The monoisotopic (exact) mass is 307 g/mol. The van der Waals surface area contributed by atoms with Gasteiger partial charge in [-0.25, -0.2) is 0 Å². The molecule has 0 fully saturated rings. The maximum absolute atomic E-state index is 12.1. The number of benzene rings is 1. The second-order valence-electron chi connectivity index (χ2n) is 4.63. The van der Waals surface area contributed by atoms with E-state index in [9.17, 15) is 4.79 Å². The van der Waals surface area contributed by atoms with E-state index in [0.29, 0.717) is 11.4 Å². The number of halogens is 1. The van der Waals surface area contributed by atoms with E-state index in [1.165, 1.54) is 4.88 Å². The minimum atomic E-state index is 0.172. The first-order chi connectivity index (χ1) is 9.69. The van der Waals surface area contributed by atoms with E-state index in [1.807, 2.05) is 0 Å². The molecule has 0 aliphatic rings. The first-order valence-electron chi connectivity index (χ1n) is 6.72. The van der Waals surface area contributed by atoms with Gasteiger partial charge in [0.25, 0.3) is 0 Å². The van der Waals surface area contributed by atoms with E-state index >= 15 is 0 Å². The summed E-state index contributed by atoms with van der Waals surface area (Å²) in [7, 11) is 0. The van der Waals surface area contributed by atoms with Crippen molar-refractivity contribution in [1.29, 1.82) is 0 Å². The number of rotatable bonds is 7. The zero-order valence-electron chi connectivity index (χ0n) is 11.5. The molecule has 0 amide bonds. The molecule has 0 aliphatic carbocycles. The molecule has 0 unspecified atom stereocenters. The first-order valence-corrected chi connectivity index (χ1v) is 7.98. The summed E-state index contributed by atoms with van der Waals surface area (Å²) >= 11 is 7.59. The minimum absolute atomic E-state index is 0.172. The van der Waals surface area contributed by atoms with Crippen molar-refractivity contribution in [1.82, 2.24) is 4.90 Å². The van der Waals surface area contributed by atoms with Crippen molar-refractivity contribution >= 4 is 28.7 Å². The Morgan fingerprint density at radius 2 is 2.00 bits per heavy atom. The molecule has 2 aromatic rings. The van der Waals surface area contributed by atoms with Gasteiger partial charge >= 0.3 is 0 Å². The summed E-state index contributed by atoms with van der Waals surface area (Å²) in [5.41, 5.74) is 0.738. The maximum atomic E-state index is 12.1. The second-order valence-corrected chi connectivity index (χ2v) is 6.10. The fourth-order valence-corrected chi connectivity index (χ4v) is 2.88. The number of carbonyl (C=O) groups is 1. The Bertz CT molecular complexity index is 536. The zero-order valence-corrected chi connectivity index (χ0v) is 13.1. The zero-order chi connectivity index (χ0) is 14.4. The fraction of sp³-hybridized carbons (Fsp3) is 0.312. The molecule has 0 bridgehead atoms. The molecule has 0 saturated carbocycles. The molecule has 20 heavy (non-hydrogen) atoms. The SMILES string of the molecule is CCN(CCC(=O)c1ccc(Cl)cc1)Cc1cccs1. The molecule has 106 valence electrons. The van der Waals surface area contributed by atoms with E-state index in [-0.39, 0.29) is 5.78 Å². The number of carbonyl (C=O) groups excluding carboxylic acids is 1. The van der Waals surface area contributed by atoms with Crippen LogP contribution in [0.2, 0.25) is 5.02 Å². The van der Waals surface area contributed by atoms with Gasteiger partial charge in [-0.15, -0.1) is 11.3 Å². The molecule has 1 heterocycles. The number of Topliss-reactive ketones (excluding diaryl/α,β-unsaturated/α-hetero) is 1. The van der Waals surface area contributed by atoms with Crippen LogP contribution in [0.3, 0.4) is 0 Å².